The Morgan fingerprint density at radius 1 is 1.43 bits per heavy atom. The Morgan fingerprint density at radius 2 is 2.14 bits per heavy atom. The molecule has 0 atom stereocenters. The third-order valence-electron chi connectivity index (χ3n) is 1.32. The molecule has 0 aliphatic carbocycles. The molecule has 5 nitrogen and oxygen atoms in total. The summed E-state index contributed by atoms with van der Waals surface area (Å²) in [5, 5.41) is 2.49. The number of rotatable bonds is 6. The summed E-state index contributed by atoms with van der Waals surface area (Å²) in [5.74, 6) is 0.326. The second kappa shape index (κ2) is 8.25. The molecule has 0 aliphatic heterocycles. The molecule has 14 heavy (non-hydrogen) atoms. The number of aliphatic imine (C=N–C) groups is 1. The Balaban J connectivity index is 4.29. The molecule has 0 bridgehead atoms. The van der Waals surface area contributed by atoms with Crippen LogP contribution in [0.1, 0.15) is 20.3 Å². The molecule has 0 saturated carbocycles. The van der Waals surface area contributed by atoms with Crippen LogP contribution in [0.4, 0.5) is 0 Å². The maximum atomic E-state index is 11.0. The lowest BCUT2D eigenvalue weighted by Crippen LogP contribution is -2.31. The number of likely N-dealkylation sites (N-methyl/N-ethyl adjacent to an activating group) is 1. The van der Waals surface area contributed by atoms with Gasteiger partial charge in [-0.1, -0.05) is 13.8 Å². The zero-order valence-electron chi connectivity index (χ0n) is 8.92. The fourth-order valence-electron chi connectivity index (χ4n) is 0.671. The number of carbonyl (C=O) groups is 1. The summed E-state index contributed by atoms with van der Waals surface area (Å²) in [5.41, 5.74) is 5.70. The number of carbonyl (C=O) groups excluding carboxylic acids is 1. The highest BCUT2D eigenvalue weighted by molar-refractivity contribution is 5.88. The van der Waals surface area contributed by atoms with Crippen molar-refractivity contribution in [3.63, 3.8) is 0 Å². The van der Waals surface area contributed by atoms with Gasteiger partial charge in [0.15, 0.2) is 0 Å². The van der Waals surface area contributed by atoms with Gasteiger partial charge in [0.05, 0.1) is 0 Å². The molecular formula is C9H18N4O. The molecule has 0 rings (SSSR count). The zero-order valence-corrected chi connectivity index (χ0v) is 8.92. The van der Waals surface area contributed by atoms with Gasteiger partial charge in [-0.3, -0.25) is 4.79 Å². The van der Waals surface area contributed by atoms with Crippen LogP contribution in [0.15, 0.2) is 16.9 Å². The first-order chi connectivity index (χ1) is 6.74. The first kappa shape index (κ1) is 12.6. The number of hydrogen-bond donors (Lipinski definition) is 3. The SMILES string of the molecule is CC/C=N\C(=C/C(=O)NC)NNCC. The predicted molar refractivity (Wildman–Crippen MR) is 57.7 cm³/mol. The summed E-state index contributed by atoms with van der Waals surface area (Å²) < 4.78 is 0. The van der Waals surface area contributed by atoms with E-state index in [9.17, 15) is 4.79 Å². The van der Waals surface area contributed by atoms with Gasteiger partial charge in [-0.05, 0) is 6.42 Å². The molecular weight excluding hydrogens is 180 g/mol. The molecule has 0 unspecified atom stereocenters. The first-order valence-corrected chi connectivity index (χ1v) is 4.69. The lowest BCUT2D eigenvalue weighted by Gasteiger charge is -2.05. The van der Waals surface area contributed by atoms with E-state index in [2.05, 4.69) is 21.2 Å². The molecule has 0 saturated heterocycles. The van der Waals surface area contributed by atoms with Crippen molar-refractivity contribution < 1.29 is 4.79 Å². The summed E-state index contributed by atoms with van der Waals surface area (Å²) in [4.78, 5) is 15.1. The topological polar surface area (TPSA) is 65.5 Å². The van der Waals surface area contributed by atoms with Crippen molar-refractivity contribution in [2.45, 2.75) is 20.3 Å². The van der Waals surface area contributed by atoms with Crippen molar-refractivity contribution in [2.75, 3.05) is 13.6 Å². The molecule has 0 radical (unpaired) electrons. The fourth-order valence-corrected chi connectivity index (χ4v) is 0.671. The summed E-state index contributed by atoms with van der Waals surface area (Å²) in [6, 6.07) is 0. The Hall–Kier alpha value is -1.36. The van der Waals surface area contributed by atoms with E-state index < -0.39 is 0 Å². The third-order valence-corrected chi connectivity index (χ3v) is 1.32. The van der Waals surface area contributed by atoms with Crippen molar-refractivity contribution in [1.82, 2.24) is 16.2 Å². The molecule has 3 N–H and O–H groups in total. The highest BCUT2D eigenvalue weighted by Gasteiger charge is 1.96. The summed E-state index contributed by atoms with van der Waals surface area (Å²) >= 11 is 0. The van der Waals surface area contributed by atoms with E-state index in [1.165, 1.54) is 6.08 Å². The van der Waals surface area contributed by atoms with Crippen molar-refractivity contribution >= 4 is 12.1 Å². The monoisotopic (exact) mass is 198 g/mol. The van der Waals surface area contributed by atoms with Gasteiger partial charge in [-0.15, -0.1) is 0 Å². The Kier molecular flexibility index (Phi) is 7.45. The molecule has 0 fully saturated rings. The van der Waals surface area contributed by atoms with Crippen LogP contribution in [0.2, 0.25) is 0 Å². The summed E-state index contributed by atoms with van der Waals surface area (Å²) in [7, 11) is 1.58. The van der Waals surface area contributed by atoms with Gasteiger partial charge in [-0.2, -0.15) is 0 Å². The summed E-state index contributed by atoms with van der Waals surface area (Å²) in [6.07, 6.45) is 3.97. The van der Waals surface area contributed by atoms with E-state index in [1.54, 1.807) is 13.3 Å². The summed E-state index contributed by atoms with van der Waals surface area (Å²) in [6.45, 7) is 4.69. The molecule has 0 aromatic carbocycles. The van der Waals surface area contributed by atoms with Crippen LogP contribution in [0.25, 0.3) is 0 Å². The van der Waals surface area contributed by atoms with E-state index in [-0.39, 0.29) is 5.91 Å². The van der Waals surface area contributed by atoms with E-state index in [1.807, 2.05) is 13.8 Å². The molecule has 1 amide bonds. The molecule has 80 valence electrons. The minimum absolute atomic E-state index is 0.182. The number of hydrazine groups is 1. The predicted octanol–water partition coefficient (Wildman–Crippen LogP) is 0.169. The molecule has 0 aliphatic rings. The van der Waals surface area contributed by atoms with Gasteiger partial charge in [0, 0.05) is 25.9 Å². The second-order valence-corrected chi connectivity index (χ2v) is 2.52. The minimum atomic E-state index is -0.182. The van der Waals surface area contributed by atoms with Crippen LogP contribution < -0.4 is 16.2 Å². The normalized spacial score (nSPS) is 11.8. The fraction of sp³-hybridized carbons (Fsp3) is 0.556. The van der Waals surface area contributed by atoms with Crippen LogP contribution in [0.5, 0.6) is 0 Å². The highest BCUT2D eigenvalue weighted by Crippen LogP contribution is 1.89. The van der Waals surface area contributed by atoms with Crippen LogP contribution >= 0.6 is 0 Å². The lowest BCUT2D eigenvalue weighted by molar-refractivity contribution is -0.116. The minimum Gasteiger partial charge on any atom is -0.356 e. The average molecular weight is 198 g/mol. The Morgan fingerprint density at radius 3 is 2.64 bits per heavy atom. The number of hydrogen-bond acceptors (Lipinski definition) is 4. The first-order valence-electron chi connectivity index (χ1n) is 4.69. The van der Waals surface area contributed by atoms with Crippen molar-refractivity contribution in [3.8, 4) is 0 Å². The molecule has 0 spiro atoms. The highest BCUT2D eigenvalue weighted by atomic mass is 16.1. The van der Waals surface area contributed by atoms with Gasteiger partial charge in [0.2, 0.25) is 5.91 Å². The van der Waals surface area contributed by atoms with Gasteiger partial charge >= 0.3 is 0 Å². The molecule has 5 heteroatoms. The van der Waals surface area contributed by atoms with Gasteiger partial charge in [0.1, 0.15) is 5.82 Å². The van der Waals surface area contributed by atoms with Crippen LogP contribution in [0.3, 0.4) is 0 Å². The average Bonchev–Trinajstić information content (AvgIpc) is 2.21. The third kappa shape index (κ3) is 6.19. The van der Waals surface area contributed by atoms with E-state index in [0.717, 1.165) is 13.0 Å². The maximum absolute atomic E-state index is 11.0. The maximum Gasteiger partial charge on any atom is 0.247 e. The van der Waals surface area contributed by atoms with Crippen molar-refractivity contribution in [2.24, 2.45) is 4.99 Å². The second-order valence-electron chi connectivity index (χ2n) is 2.52. The Labute approximate surface area is 84.6 Å². The van der Waals surface area contributed by atoms with Crippen LogP contribution in [-0.4, -0.2) is 25.7 Å². The smallest absolute Gasteiger partial charge is 0.247 e. The quantitative estimate of drug-likeness (QED) is 0.324. The van der Waals surface area contributed by atoms with Crippen LogP contribution in [0, 0.1) is 0 Å². The number of nitrogens with one attached hydrogen (secondary N) is 3. The molecule has 0 heterocycles. The standard InChI is InChI=1S/C9H18N4O/c1-4-6-11-8(13-12-5-2)7-9(14)10-3/h6-7,12-13H,4-5H2,1-3H3,(H,10,14)/b8-7+,11-6-. The van der Waals surface area contributed by atoms with E-state index in [4.69, 9.17) is 0 Å². The van der Waals surface area contributed by atoms with Gasteiger partial charge in [-0.25, -0.2) is 10.4 Å². The number of amides is 1. The molecule has 0 aromatic rings. The largest absolute Gasteiger partial charge is 0.356 e. The lowest BCUT2D eigenvalue weighted by atomic mass is 10.5. The van der Waals surface area contributed by atoms with Crippen molar-refractivity contribution in [1.29, 1.82) is 0 Å². The Bertz CT molecular complexity index is 223. The van der Waals surface area contributed by atoms with E-state index >= 15 is 0 Å². The van der Waals surface area contributed by atoms with Crippen LogP contribution in [-0.2, 0) is 4.79 Å². The zero-order chi connectivity index (χ0) is 10.8. The van der Waals surface area contributed by atoms with Gasteiger partial charge < -0.3 is 10.7 Å². The van der Waals surface area contributed by atoms with Crippen molar-refractivity contribution in [3.05, 3.63) is 11.9 Å². The van der Waals surface area contributed by atoms with Gasteiger partial charge in [0.25, 0.3) is 0 Å². The molecule has 0 aromatic heterocycles. The number of nitrogens with zero attached hydrogens (tertiary/aromatic N) is 1. The van der Waals surface area contributed by atoms with E-state index in [0.29, 0.717) is 5.82 Å².